The number of rotatable bonds is 8. The minimum absolute atomic E-state index is 0.196. The summed E-state index contributed by atoms with van der Waals surface area (Å²) in [4.78, 5) is 11.5. The van der Waals surface area contributed by atoms with E-state index >= 15 is 0 Å². The number of carbonyl (C=O) groups excluding carboxylic acids is 1. The third kappa shape index (κ3) is 8.72. The van der Waals surface area contributed by atoms with Gasteiger partial charge in [0.1, 0.15) is 12.3 Å². The second-order valence-electron chi connectivity index (χ2n) is 4.99. The first kappa shape index (κ1) is 21.6. The van der Waals surface area contributed by atoms with Crippen LogP contribution in [0.3, 0.4) is 0 Å². The summed E-state index contributed by atoms with van der Waals surface area (Å²) in [7, 11) is -3.83. The Hall–Kier alpha value is -1.39. The molecule has 0 bridgehead atoms. The molecule has 0 amide bonds. The minimum Gasteiger partial charge on any atom is -0.464 e. The summed E-state index contributed by atoms with van der Waals surface area (Å²) in [5.41, 5.74) is 0. The van der Waals surface area contributed by atoms with Crippen molar-refractivity contribution in [3.05, 3.63) is 30.3 Å². The summed E-state index contributed by atoms with van der Waals surface area (Å²) < 4.78 is 36.1. The highest BCUT2D eigenvalue weighted by Gasteiger charge is 2.33. The molecule has 132 valence electrons. The summed E-state index contributed by atoms with van der Waals surface area (Å²) in [5.74, 6) is -1.88. The molecule has 2 unspecified atom stereocenters. The van der Waals surface area contributed by atoms with Gasteiger partial charge in [0, 0.05) is 0 Å². The van der Waals surface area contributed by atoms with E-state index in [1.807, 2.05) is 27.7 Å². The van der Waals surface area contributed by atoms with Gasteiger partial charge in [-0.25, -0.2) is 9.48 Å². The number of hydrogen-bond donors (Lipinski definition) is 1. The van der Waals surface area contributed by atoms with Gasteiger partial charge in [0.25, 0.3) is 0 Å². The molecule has 0 fully saturated rings. The number of ether oxygens (including phenoxy) is 1. The molecule has 0 radical (unpaired) electrons. The summed E-state index contributed by atoms with van der Waals surface area (Å²) in [6, 6.07) is 8.24. The number of esters is 1. The van der Waals surface area contributed by atoms with E-state index in [1.54, 1.807) is 30.3 Å². The van der Waals surface area contributed by atoms with Crippen LogP contribution in [0.5, 0.6) is 5.75 Å². The van der Waals surface area contributed by atoms with Crippen LogP contribution in [0.15, 0.2) is 30.3 Å². The van der Waals surface area contributed by atoms with Crippen LogP contribution in [-0.2, 0) is 14.1 Å². The lowest BCUT2D eigenvalue weighted by molar-refractivity contribution is -0.143. The minimum atomic E-state index is -3.83. The molecule has 1 aromatic carbocycles. The molecule has 0 heterocycles. The third-order valence-corrected chi connectivity index (χ3v) is 4.49. The van der Waals surface area contributed by atoms with Crippen LogP contribution in [0.2, 0.25) is 0 Å². The van der Waals surface area contributed by atoms with Crippen LogP contribution >= 0.6 is 7.52 Å². The SMILES string of the molecule is CC.CC(C)COC(=O)CNP(=O)(Oc1ccccc1)C(C)F. The number of carbonyl (C=O) groups is 1. The molecule has 0 aliphatic rings. The van der Waals surface area contributed by atoms with E-state index in [0.29, 0.717) is 0 Å². The lowest BCUT2D eigenvalue weighted by Crippen LogP contribution is -2.28. The molecule has 0 aromatic heterocycles. The predicted molar refractivity (Wildman–Crippen MR) is 90.4 cm³/mol. The standard InChI is InChI=1S/C14H21FNO4P.C2H6/c1-11(2)10-19-14(17)9-16-21(18,12(3)15)20-13-7-5-4-6-8-13;1-2/h4-8,11-12H,9-10H2,1-3H3,(H,16,18);1-2H3. The molecule has 1 N–H and O–H groups in total. The smallest absolute Gasteiger partial charge is 0.350 e. The van der Waals surface area contributed by atoms with Gasteiger partial charge in [-0.2, -0.15) is 0 Å². The van der Waals surface area contributed by atoms with Crippen molar-refractivity contribution in [2.24, 2.45) is 5.92 Å². The maximum atomic E-state index is 13.6. The molecular weight excluding hydrogens is 320 g/mol. The average Bonchev–Trinajstić information content (AvgIpc) is 2.53. The zero-order valence-corrected chi connectivity index (χ0v) is 15.3. The quantitative estimate of drug-likeness (QED) is 0.558. The van der Waals surface area contributed by atoms with Crippen molar-refractivity contribution >= 4 is 13.5 Å². The first-order valence-corrected chi connectivity index (χ1v) is 9.42. The Labute approximate surface area is 138 Å². The molecule has 7 heteroatoms. The fourth-order valence-corrected chi connectivity index (χ4v) is 2.60. The number of hydrogen-bond acceptors (Lipinski definition) is 4. The van der Waals surface area contributed by atoms with Gasteiger partial charge < -0.3 is 9.26 Å². The molecule has 2 atom stereocenters. The molecule has 0 saturated heterocycles. The van der Waals surface area contributed by atoms with Crippen molar-refractivity contribution in [2.45, 2.75) is 40.5 Å². The maximum Gasteiger partial charge on any atom is 0.350 e. The largest absolute Gasteiger partial charge is 0.464 e. The van der Waals surface area contributed by atoms with Crippen molar-refractivity contribution in [1.82, 2.24) is 5.09 Å². The van der Waals surface area contributed by atoms with Crippen molar-refractivity contribution in [1.29, 1.82) is 0 Å². The van der Waals surface area contributed by atoms with Crippen molar-refractivity contribution < 1.29 is 23.0 Å². The van der Waals surface area contributed by atoms with Gasteiger partial charge in [-0.3, -0.25) is 9.36 Å². The summed E-state index contributed by atoms with van der Waals surface area (Å²) in [6.45, 7) is 8.80. The van der Waals surface area contributed by atoms with E-state index < -0.39 is 19.4 Å². The van der Waals surface area contributed by atoms with Gasteiger partial charge in [0.15, 0.2) is 5.91 Å². The van der Waals surface area contributed by atoms with Crippen LogP contribution in [0.25, 0.3) is 0 Å². The topological polar surface area (TPSA) is 64.6 Å². The van der Waals surface area contributed by atoms with Gasteiger partial charge in [0.05, 0.1) is 6.61 Å². The molecule has 5 nitrogen and oxygen atoms in total. The van der Waals surface area contributed by atoms with Crippen molar-refractivity contribution in [3.8, 4) is 5.75 Å². The number of halogens is 1. The predicted octanol–water partition coefficient (Wildman–Crippen LogP) is 4.39. The van der Waals surface area contributed by atoms with E-state index in [9.17, 15) is 13.8 Å². The molecule has 0 aliphatic carbocycles. The highest BCUT2D eigenvalue weighted by atomic mass is 31.2. The Bertz CT molecular complexity index is 494. The lowest BCUT2D eigenvalue weighted by Gasteiger charge is -2.21. The van der Waals surface area contributed by atoms with E-state index in [0.717, 1.165) is 6.92 Å². The zero-order valence-electron chi connectivity index (χ0n) is 14.4. The molecule has 0 aliphatic heterocycles. The zero-order chi connectivity index (χ0) is 17.9. The number of benzene rings is 1. The van der Waals surface area contributed by atoms with Gasteiger partial charge in [-0.15, -0.1) is 0 Å². The second kappa shape index (κ2) is 11.2. The van der Waals surface area contributed by atoms with E-state index in [2.05, 4.69) is 5.09 Å². The normalized spacial score (nSPS) is 14.2. The van der Waals surface area contributed by atoms with E-state index in [4.69, 9.17) is 9.26 Å². The second-order valence-corrected chi connectivity index (χ2v) is 7.39. The Kier molecular flexibility index (Phi) is 10.5. The van der Waals surface area contributed by atoms with Gasteiger partial charge >= 0.3 is 13.5 Å². The van der Waals surface area contributed by atoms with Crippen LogP contribution in [0.1, 0.15) is 34.6 Å². The first-order valence-electron chi connectivity index (χ1n) is 7.72. The van der Waals surface area contributed by atoms with Gasteiger partial charge in [-0.05, 0) is 25.0 Å². The van der Waals surface area contributed by atoms with Crippen molar-refractivity contribution in [2.75, 3.05) is 13.2 Å². The fourth-order valence-electron chi connectivity index (χ4n) is 1.35. The summed E-state index contributed by atoms with van der Waals surface area (Å²) in [6.07, 6.45) is 0. The summed E-state index contributed by atoms with van der Waals surface area (Å²) >= 11 is 0. The van der Waals surface area contributed by atoms with Crippen LogP contribution in [0.4, 0.5) is 4.39 Å². The Balaban J connectivity index is 0.00000232. The maximum absolute atomic E-state index is 13.6. The molecule has 0 spiro atoms. The Morgan fingerprint density at radius 3 is 2.26 bits per heavy atom. The highest BCUT2D eigenvalue weighted by molar-refractivity contribution is 7.57. The molecule has 23 heavy (non-hydrogen) atoms. The monoisotopic (exact) mass is 347 g/mol. The molecule has 1 rings (SSSR count). The third-order valence-electron chi connectivity index (χ3n) is 2.47. The van der Waals surface area contributed by atoms with E-state index in [-0.39, 0.29) is 24.8 Å². The van der Waals surface area contributed by atoms with E-state index in [1.165, 1.54) is 0 Å². The van der Waals surface area contributed by atoms with Gasteiger partial charge in [0.2, 0.25) is 0 Å². The molecule has 1 aromatic rings. The summed E-state index contributed by atoms with van der Waals surface area (Å²) in [5, 5.41) is 2.35. The number of para-hydroxylation sites is 1. The fraction of sp³-hybridized carbons (Fsp3) is 0.562. The van der Waals surface area contributed by atoms with Crippen molar-refractivity contribution in [3.63, 3.8) is 0 Å². The average molecular weight is 347 g/mol. The van der Waals surface area contributed by atoms with Gasteiger partial charge in [-0.1, -0.05) is 45.9 Å². The Morgan fingerprint density at radius 1 is 1.22 bits per heavy atom. The first-order chi connectivity index (χ1) is 10.8. The number of alkyl halides is 1. The molecular formula is C16H27FNO4P. The Morgan fingerprint density at radius 2 is 1.78 bits per heavy atom. The highest BCUT2D eigenvalue weighted by Crippen LogP contribution is 2.48. The lowest BCUT2D eigenvalue weighted by atomic mass is 10.2. The van der Waals surface area contributed by atoms with Crippen LogP contribution in [-0.4, -0.2) is 25.0 Å². The van der Waals surface area contributed by atoms with Crippen LogP contribution < -0.4 is 9.61 Å². The van der Waals surface area contributed by atoms with Crippen LogP contribution in [0, 0.1) is 5.92 Å². The number of nitrogens with one attached hydrogen (secondary N) is 1. The molecule has 0 saturated carbocycles.